The van der Waals surface area contributed by atoms with Crippen molar-refractivity contribution in [3.05, 3.63) is 24.0 Å². The van der Waals surface area contributed by atoms with E-state index in [0.717, 1.165) is 31.1 Å². The number of hydrogen-bond donors (Lipinski definition) is 2. The molecule has 3 nitrogen and oxygen atoms in total. The Kier molecular flexibility index (Phi) is 4.17. The monoisotopic (exact) mass is 219 g/mol. The van der Waals surface area contributed by atoms with Crippen LogP contribution in [0.3, 0.4) is 0 Å². The van der Waals surface area contributed by atoms with Gasteiger partial charge in [0.15, 0.2) is 0 Å². The average molecular weight is 219 g/mol. The summed E-state index contributed by atoms with van der Waals surface area (Å²) in [5.41, 5.74) is 2.36. The van der Waals surface area contributed by atoms with Gasteiger partial charge in [-0.2, -0.15) is 0 Å². The summed E-state index contributed by atoms with van der Waals surface area (Å²) in [4.78, 5) is 4.30. The maximum absolute atomic E-state index is 4.30. The van der Waals surface area contributed by atoms with Gasteiger partial charge in [-0.15, -0.1) is 0 Å². The molecule has 1 aliphatic heterocycles. The number of aryl methyl sites for hydroxylation is 1. The second-order valence-electron chi connectivity index (χ2n) is 4.48. The Hall–Kier alpha value is -1.09. The second kappa shape index (κ2) is 5.85. The third-order valence-electron chi connectivity index (χ3n) is 3.17. The Labute approximate surface area is 97.7 Å². The van der Waals surface area contributed by atoms with E-state index in [2.05, 4.69) is 34.7 Å². The molecule has 0 bridgehead atoms. The smallest absolute Gasteiger partial charge is 0.0421 e. The Balaban J connectivity index is 1.83. The Morgan fingerprint density at radius 2 is 2.50 bits per heavy atom. The fourth-order valence-electron chi connectivity index (χ4n) is 2.14. The summed E-state index contributed by atoms with van der Waals surface area (Å²) < 4.78 is 0. The first kappa shape index (κ1) is 11.4. The summed E-state index contributed by atoms with van der Waals surface area (Å²) in [7, 11) is 0. The molecule has 1 aromatic rings. The van der Waals surface area contributed by atoms with E-state index in [1.165, 1.54) is 25.1 Å². The highest BCUT2D eigenvalue weighted by atomic mass is 14.9. The molecule has 1 unspecified atom stereocenters. The predicted octanol–water partition coefficient (Wildman–Crippen LogP) is 2.06. The quantitative estimate of drug-likeness (QED) is 0.814. The van der Waals surface area contributed by atoms with Crippen LogP contribution in [-0.2, 0) is 6.42 Å². The van der Waals surface area contributed by atoms with E-state index in [1.54, 1.807) is 0 Å². The topological polar surface area (TPSA) is 37.0 Å². The number of piperidine rings is 1. The third-order valence-corrected chi connectivity index (χ3v) is 3.17. The van der Waals surface area contributed by atoms with Gasteiger partial charge in [-0.05, 0) is 50.4 Å². The van der Waals surface area contributed by atoms with Crippen LogP contribution in [0.1, 0.15) is 25.5 Å². The van der Waals surface area contributed by atoms with Crippen LogP contribution in [0.15, 0.2) is 18.3 Å². The molecule has 0 aromatic carbocycles. The standard InChI is InChI=1S/C13H21N3/c1-2-12-8-13(5-7-15-12)16-10-11-4-3-6-14-9-11/h5,7-8,11,14H,2-4,6,9-10H2,1H3,(H,15,16). The number of aromatic nitrogens is 1. The van der Waals surface area contributed by atoms with Gasteiger partial charge in [0.1, 0.15) is 0 Å². The number of nitrogens with zero attached hydrogens (tertiary/aromatic N) is 1. The van der Waals surface area contributed by atoms with Crippen molar-refractivity contribution in [2.75, 3.05) is 25.0 Å². The van der Waals surface area contributed by atoms with Gasteiger partial charge in [-0.25, -0.2) is 0 Å². The molecule has 1 aromatic heterocycles. The van der Waals surface area contributed by atoms with E-state index in [-0.39, 0.29) is 0 Å². The lowest BCUT2D eigenvalue weighted by molar-refractivity contribution is 0.393. The number of hydrogen-bond acceptors (Lipinski definition) is 3. The Morgan fingerprint density at radius 1 is 1.56 bits per heavy atom. The first-order valence-electron chi connectivity index (χ1n) is 6.28. The Morgan fingerprint density at radius 3 is 3.25 bits per heavy atom. The van der Waals surface area contributed by atoms with Gasteiger partial charge in [0.25, 0.3) is 0 Å². The molecule has 0 radical (unpaired) electrons. The minimum atomic E-state index is 0.770. The van der Waals surface area contributed by atoms with Gasteiger partial charge < -0.3 is 10.6 Å². The number of rotatable bonds is 4. The van der Waals surface area contributed by atoms with Crippen molar-refractivity contribution >= 4 is 5.69 Å². The molecule has 2 rings (SSSR count). The number of anilines is 1. The van der Waals surface area contributed by atoms with E-state index in [4.69, 9.17) is 0 Å². The maximum Gasteiger partial charge on any atom is 0.0421 e. The van der Waals surface area contributed by atoms with Gasteiger partial charge in [-0.3, -0.25) is 4.98 Å². The van der Waals surface area contributed by atoms with Crippen molar-refractivity contribution in [2.45, 2.75) is 26.2 Å². The highest BCUT2D eigenvalue weighted by molar-refractivity contribution is 5.43. The molecule has 88 valence electrons. The maximum atomic E-state index is 4.30. The van der Waals surface area contributed by atoms with Gasteiger partial charge in [-0.1, -0.05) is 6.92 Å². The second-order valence-corrected chi connectivity index (χ2v) is 4.48. The van der Waals surface area contributed by atoms with E-state index in [0.29, 0.717) is 0 Å². The molecule has 0 saturated carbocycles. The molecule has 1 aliphatic rings. The summed E-state index contributed by atoms with van der Waals surface area (Å²) in [6.07, 6.45) is 5.54. The van der Waals surface area contributed by atoms with E-state index >= 15 is 0 Å². The molecular formula is C13H21N3. The number of pyridine rings is 1. The SMILES string of the molecule is CCc1cc(NCC2CCCNC2)ccn1. The zero-order valence-corrected chi connectivity index (χ0v) is 10.00. The van der Waals surface area contributed by atoms with Gasteiger partial charge in [0.2, 0.25) is 0 Å². The predicted molar refractivity (Wildman–Crippen MR) is 67.7 cm³/mol. The fraction of sp³-hybridized carbons (Fsp3) is 0.615. The Bertz CT molecular complexity index is 319. The zero-order chi connectivity index (χ0) is 11.2. The largest absolute Gasteiger partial charge is 0.385 e. The van der Waals surface area contributed by atoms with Crippen LogP contribution in [0.25, 0.3) is 0 Å². The van der Waals surface area contributed by atoms with Crippen LogP contribution in [0.4, 0.5) is 5.69 Å². The van der Waals surface area contributed by atoms with E-state index < -0.39 is 0 Å². The molecule has 16 heavy (non-hydrogen) atoms. The minimum absolute atomic E-state index is 0.770. The van der Waals surface area contributed by atoms with Gasteiger partial charge in [0, 0.05) is 24.1 Å². The summed E-state index contributed by atoms with van der Waals surface area (Å²) in [6.45, 7) is 5.54. The first-order valence-corrected chi connectivity index (χ1v) is 6.28. The summed E-state index contributed by atoms with van der Waals surface area (Å²) in [5, 5.41) is 6.95. The summed E-state index contributed by atoms with van der Waals surface area (Å²) in [6, 6.07) is 4.20. The third kappa shape index (κ3) is 3.20. The average Bonchev–Trinajstić information content (AvgIpc) is 2.38. The van der Waals surface area contributed by atoms with E-state index in [9.17, 15) is 0 Å². The summed E-state index contributed by atoms with van der Waals surface area (Å²) >= 11 is 0. The van der Waals surface area contributed by atoms with Crippen LogP contribution >= 0.6 is 0 Å². The molecule has 0 aliphatic carbocycles. The van der Waals surface area contributed by atoms with Crippen molar-refractivity contribution in [1.29, 1.82) is 0 Å². The van der Waals surface area contributed by atoms with Crippen molar-refractivity contribution in [3.63, 3.8) is 0 Å². The molecule has 3 heteroatoms. The van der Waals surface area contributed by atoms with Crippen molar-refractivity contribution in [2.24, 2.45) is 5.92 Å². The van der Waals surface area contributed by atoms with Gasteiger partial charge >= 0.3 is 0 Å². The first-order chi connectivity index (χ1) is 7.88. The molecule has 1 saturated heterocycles. The van der Waals surface area contributed by atoms with Crippen molar-refractivity contribution in [1.82, 2.24) is 10.3 Å². The zero-order valence-electron chi connectivity index (χ0n) is 10.00. The fourth-order valence-corrected chi connectivity index (χ4v) is 2.14. The van der Waals surface area contributed by atoms with Crippen LogP contribution in [0.2, 0.25) is 0 Å². The van der Waals surface area contributed by atoms with Crippen LogP contribution < -0.4 is 10.6 Å². The molecule has 2 heterocycles. The molecule has 0 spiro atoms. The van der Waals surface area contributed by atoms with Crippen LogP contribution in [0, 0.1) is 5.92 Å². The van der Waals surface area contributed by atoms with Crippen molar-refractivity contribution in [3.8, 4) is 0 Å². The molecule has 0 amide bonds. The van der Waals surface area contributed by atoms with Gasteiger partial charge in [0.05, 0.1) is 0 Å². The lowest BCUT2D eigenvalue weighted by Crippen LogP contribution is -2.33. The highest BCUT2D eigenvalue weighted by Crippen LogP contribution is 2.13. The molecule has 2 N–H and O–H groups in total. The molecule has 1 fully saturated rings. The highest BCUT2D eigenvalue weighted by Gasteiger charge is 2.12. The molecule has 1 atom stereocenters. The van der Waals surface area contributed by atoms with Crippen molar-refractivity contribution < 1.29 is 0 Å². The normalized spacial score (nSPS) is 20.7. The lowest BCUT2D eigenvalue weighted by Gasteiger charge is -2.23. The minimum Gasteiger partial charge on any atom is -0.385 e. The number of nitrogens with one attached hydrogen (secondary N) is 2. The summed E-state index contributed by atoms with van der Waals surface area (Å²) in [5.74, 6) is 0.770. The van der Waals surface area contributed by atoms with E-state index in [1.807, 2.05) is 6.20 Å². The van der Waals surface area contributed by atoms with Crippen LogP contribution in [-0.4, -0.2) is 24.6 Å². The lowest BCUT2D eigenvalue weighted by atomic mass is 10.00. The van der Waals surface area contributed by atoms with Crippen LogP contribution in [0.5, 0.6) is 0 Å². The molecular weight excluding hydrogens is 198 g/mol.